The largest absolute Gasteiger partial charge is 0.245 e. The Morgan fingerprint density at radius 3 is 1.32 bits per heavy atom. The van der Waals surface area contributed by atoms with Gasteiger partial charge in [-0.2, -0.15) is 0 Å². The Balaban J connectivity index is 0.896. The number of benzene rings is 7. The molecule has 0 saturated heterocycles. The second kappa shape index (κ2) is 13.1. The molecule has 60 heavy (non-hydrogen) atoms. The van der Waals surface area contributed by atoms with Crippen LogP contribution in [0.1, 0.15) is 0 Å². The number of thiophene rings is 2. The summed E-state index contributed by atoms with van der Waals surface area (Å²) >= 11 is 3.66. The van der Waals surface area contributed by atoms with Gasteiger partial charge in [0.25, 0.3) is 0 Å². The number of aromatic nitrogens is 4. The fourth-order valence-electron chi connectivity index (χ4n) is 8.84. The molecular weight excluding hydrogens is 769 g/mol. The first-order chi connectivity index (χ1) is 29.7. The molecule has 0 fully saturated rings. The van der Waals surface area contributed by atoms with E-state index in [4.69, 9.17) is 19.9 Å². The summed E-state index contributed by atoms with van der Waals surface area (Å²) in [5.74, 6) is 0. The van der Waals surface area contributed by atoms with E-state index in [1.165, 1.54) is 40.3 Å². The average molecular weight is 799 g/mol. The smallest absolute Gasteiger partial charge is 0.0972 e. The number of hydrogen-bond acceptors (Lipinski definition) is 6. The highest BCUT2D eigenvalue weighted by atomic mass is 32.1. The van der Waals surface area contributed by atoms with E-state index < -0.39 is 0 Å². The van der Waals surface area contributed by atoms with Crippen molar-refractivity contribution in [1.82, 2.24) is 19.9 Å². The fourth-order valence-corrected chi connectivity index (χ4v) is 11.2. The molecule has 0 amide bonds. The van der Waals surface area contributed by atoms with Crippen LogP contribution in [-0.4, -0.2) is 19.9 Å². The number of pyridine rings is 4. The molecule has 0 atom stereocenters. The minimum atomic E-state index is 0.892. The minimum Gasteiger partial charge on any atom is -0.245 e. The van der Waals surface area contributed by atoms with Gasteiger partial charge in [-0.1, -0.05) is 127 Å². The third kappa shape index (κ3) is 5.28. The van der Waals surface area contributed by atoms with Gasteiger partial charge in [0, 0.05) is 84.1 Å². The number of fused-ring (bicyclic) bond motifs is 12. The van der Waals surface area contributed by atoms with Crippen LogP contribution in [-0.2, 0) is 0 Å². The summed E-state index contributed by atoms with van der Waals surface area (Å²) in [6.07, 6.45) is 0. The lowest BCUT2D eigenvalue weighted by Crippen LogP contribution is -1.92. The average Bonchev–Trinajstić information content (AvgIpc) is 3.89. The Bertz CT molecular complexity index is 3920. The van der Waals surface area contributed by atoms with E-state index in [1.807, 2.05) is 22.7 Å². The molecule has 0 aliphatic rings. The summed E-state index contributed by atoms with van der Waals surface area (Å²) < 4.78 is 5.13. The number of rotatable bonds is 4. The molecule has 4 nitrogen and oxygen atoms in total. The lowest BCUT2D eigenvalue weighted by atomic mass is 10.0. The van der Waals surface area contributed by atoms with Gasteiger partial charge in [-0.15, -0.1) is 22.7 Å². The molecule has 0 saturated carbocycles. The van der Waals surface area contributed by atoms with Crippen LogP contribution in [0.3, 0.4) is 0 Å². The van der Waals surface area contributed by atoms with Crippen molar-refractivity contribution < 1.29 is 0 Å². The van der Waals surface area contributed by atoms with Gasteiger partial charge in [0.1, 0.15) is 0 Å². The van der Waals surface area contributed by atoms with E-state index in [-0.39, 0.29) is 0 Å². The Labute approximate surface area is 351 Å². The number of hydrogen-bond donors (Lipinski definition) is 0. The van der Waals surface area contributed by atoms with E-state index in [0.717, 1.165) is 88.6 Å². The predicted octanol–water partition coefficient (Wildman–Crippen LogP) is 15.3. The lowest BCUT2D eigenvalue weighted by molar-refractivity contribution is 1.36. The normalized spacial score (nSPS) is 12.0. The van der Waals surface area contributed by atoms with Gasteiger partial charge < -0.3 is 0 Å². The molecule has 278 valence electrons. The summed E-state index contributed by atoms with van der Waals surface area (Å²) in [5.41, 5.74) is 11.6. The van der Waals surface area contributed by atoms with Gasteiger partial charge >= 0.3 is 0 Å². The van der Waals surface area contributed by atoms with Crippen LogP contribution < -0.4 is 0 Å². The van der Waals surface area contributed by atoms with Crippen molar-refractivity contribution in [1.29, 1.82) is 0 Å². The Hall–Kier alpha value is -7.38. The van der Waals surface area contributed by atoms with E-state index >= 15 is 0 Å². The van der Waals surface area contributed by atoms with Gasteiger partial charge in [-0.3, -0.25) is 0 Å². The molecule has 0 bridgehead atoms. The first-order valence-electron chi connectivity index (χ1n) is 20.0. The van der Waals surface area contributed by atoms with Crippen molar-refractivity contribution >= 4 is 107 Å². The first-order valence-corrected chi connectivity index (χ1v) is 21.7. The van der Waals surface area contributed by atoms with Crippen LogP contribution >= 0.6 is 22.7 Å². The summed E-state index contributed by atoms with van der Waals surface area (Å²) in [5, 5.41) is 9.36. The molecule has 7 aromatic carbocycles. The standard InChI is InChI=1S/C54H30N4S2/c1-4-14-48-38(9-1)40-11-6-12-41(54(40)60-48)46-27-22-34-18-17-33-20-25-44(56-52(33)53(34)58-46)36-8-5-7-35(29-36)43-24-19-31-15-16-32-21-26-45(57-51(32)50(31)55-43)37-23-28-49-42(30-37)39-10-2-3-13-47(39)59-49/h1-30H. The summed E-state index contributed by atoms with van der Waals surface area (Å²) in [4.78, 5) is 21.2. The molecule has 13 rings (SSSR count). The maximum atomic E-state index is 5.32. The molecule has 0 N–H and O–H groups in total. The maximum Gasteiger partial charge on any atom is 0.0972 e. The number of nitrogens with zero attached hydrogens (tertiary/aromatic N) is 4. The van der Waals surface area contributed by atoms with Gasteiger partial charge in [0.15, 0.2) is 0 Å². The van der Waals surface area contributed by atoms with Crippen LogP contribution in [0.5, 0.6) is 0 Å². The maximum absolute atomic E-state index is 5.32. The fraction of sp³-hybridized carbons (Fsp3) is 0. The molecule has 6 aromatic heterocycles. The molecule has 0 spiro atoms. The Morgan fingerprint density at radius 2 is 0.717 bits per heavy atom. The molecule has 6 heteroatoms. The molecule has 0 aliphatic carbocycles. The quantitative estimate of drug-likeness (QED) is 0.166. The second-order valence-corrected chi connectivity index (χ2v) is 17.5. The Morgan fingerprint density at radius 1 is 0.283 bits per heavy atom. The third-order valence-corrected chi connectivity index (χ3v) is 14.2. The van der Waals surface area contributed by atoms with Crippen molar-refractivity contribution in [2.24, 2.45) is 0 Å². The van der Waals surface area contributed by atoms with Crippen molar-refractivity contribution in [3.05, 3.63) is 182 Å². The molecule has 13 aromatic rings. The summed E-state index contributed by atoms with van der Waals surface area (Å²) in [6, 6.07) is 64.7. The summed E-state index contributed by atoms with van der Waals surface area (Å²) in [6.45, 7) is 0. The topological polar surface area (TPSA) is 51.6 Å². The SMILES string of the molecule is c1cc(-c2ccc3ccc4ccc(-c5ccc6sc7ccccc7c6c5)nc4c3n2)cc(-c2ccc3ccc4ccc(-c5cccc6c5sc5ccccc56)nc4c3n2)c1. The third-order valence-electron chi connectivity index (χ3n) is 11.8. The monoisotopic (exact) mass is 798 g/mol. The highest BCUT2D eigenvalue weighted by Crippen LogP contribution is 2.41. The molecule has 0 unspecified atom stereocenters. The first kappa shape index (κ1) is 33.6. The van der Waals surface area contributed by atoms with Crippen molar-refractivity contribution in [2.45, 2.75) is 0 Å². The van der Waals surface area contributed by atoms with Gasteiger partial charge in [-0.25, -0.2) is 19.9 Å². The predicted molar refractivity (Wildman–Crippen MR) is 255 cm³/mol. The highest BCUT2D eigenvalue weighted by molar-refractivity contribution is 7.26. The second-order valence-electron chi connectivity index (χ2n) is 15.4. The zero-order valence-corrected chi connectivity index (χ0v) is 33.6. The van der Waals surface area contributed by atoms with E-state index in [9.17, 15) is 0 Å². The lowest BCUT2D eigenvalue weighted by Gasteiger charge is -2.10. The van der Waals surface area contributed by atoms with Crippen molar-refractivity contribution in [3.8, 4) is 45.0 Å². The minimum absolute atomic E-state index is 0.892. The zero-order valence-electron chi connectivity index (χ0n) is 31.9. The molecule has 0 radical (unpaired) electrons. The molecular formula is C54H30N4S2. The van der Waals surface area contributed by atoms with Crippen LogP contribution in [0.2, 0.25) is 0 Å². The van der Waals surface area contributed by atoms with Crippen LogP contribution in [0.15, 0.2) is 182 Å². The van der Waals surface area contributed by atoms with Crippen LogP contribution in [0.25, 0.3) is 129 Å². The van der Waals surface area contributed by atoms with Crippen LogP contribution in [0.4, 0.5) is 0 Å². The van der Waals surface area contributed by atoms with E-state index in [1.54, 1.807) is 0 Å². The van der Waals surface area contributed by atoms with Crippen molar-refractivity contribution in [2.75, 3.05) is 0 Å². The molecule has 6 heterocycles. The van der Waals surface area contributed by atoms with E-state index in [2.05, 4.69) is 182 Å². The summed E-state index contributed by atoms with van der Waals surface area (Å²) in [7, 11) is 0. The van der Waals surface area contributed by atoms with E-state index in [0.29, 0.717) is 0 Å². The zero-order chi connectivity index (χ0) is 39.3. The molecule has 0 aliphatic heterocycles. The van der Waals surface area contributed by atoms with Crippen LogP contribution in [0, 0.1) is 0 Å². The van der Waals surface area contributed by atoms with Gasteiger partial charge in [0.2, 0.25) is 0 Å². The highest BCUT2D eigenvalue weighted by Gasteiger charge is 2.15. The Kier molecular flexibility index (Phi) is 7.31. The van der Waals surface area contributed by atoms with Gasteiger partial charge in [0.05, 0.1) is 44.8 Å². The van der Waals surface area contributed by atoms with Gasteiger partial charge in [-0.05, 0) is 54.6 Å². The van der Waals surface area contributed by atoms with Crippen molar-refractivity contribution in [3.63, 3.8) is 0 Å².